The average molecular weight is 476 g/mol. The maximum absolute atomic E-state index is 12.1. The molecule has 35 heavy (non-hydrogen) atoms. The second-order valence-electron chi connectivity index (χ2n) is 8.88. The lowest BCUT2D eigenvalue weighted by molar-refractivity contribution is 0.0963. The Morgan fingerprint density at radius 2 is 2.14 bits per heavy atom. The maximum atomic E-state index is 12.1. The van der Waals surface area contributed by atoms with E-state index < -0.39 is 0 Å². The summed E-state index contributed by atoms with van der Waals surface area (Å²) in [5.41, 5.74) is 4.93. The summed E-state index contributed by atoms with van der Waals surface area (Å²) in [4.78, 5) is 24.9. The van der Waals surface area contributed by atoms with Crippen molar-refractivity contribution < 1.29 is 14.3 Å². The number of carbonyl (C=O) groups excluding carboxylic acids is 1. The van der Waals surface area contributed by atoms with Crippen LogP contribution in [0.25, 0.3) is 22.3 Å². The van der Waals surface area contributed by atoms with Crippen molar-refractivity contribution in [3.05, 3.63) is 47.8 Å². The Morgan fingerprint density at radius 3 is 2.83 bits per heavy atom. The van der Waals surface area contributed by atoms with Gasteiger partial charge < -0.3 is 25.1 Å². The molecular weight excluding hydrogens is 446 g/mol. The predicted octanol–water partition coefficient (Wildman–Crippen LogP) is 3.75. The number of aromatic amines is 1. The number of amides is 1. The molecule has 0 saturated carbocycles. The van der Waals surface area contributed by atoms with E-state index in [2.05, 4.69) is 34.6 Å². The van der Waals surface area contributed by atoms with Gasteiger partial charge in [0.2, 0.25) is 11.8 Å². The maximum Gasteiger partial charge on any atom is 0.251 e. The van der Waals surface area contributed by atoms with Gasteiger partial charge >= 0.3 is 0 Å². The summed E-state index contributed by atoms with van der Waals surface area (Å²) in [5, 5.41) is 11.1. The van der Waals surface area contributed by atoms with Gasteiger partial charge in [-0.25, -0.2) is 0 Å². The van der Waals surface area contributed by atoms with Crippen molar-refractivity contribution in [2.45, 2.75) is 32.3 Å². The number of H-pyrrole nitrogens is 1. The van der Waals surface area contributed by atoms with Gasteiger partial charge in [0.05, 0.1) is 24.3 Å². The van der Waals surface area contributed by atoms with Gasteiger partial charge in [0.25, 0.3) is 5.91 Å². The number of hydrogen-bond donors (Lipinski definition) is 3. The van der Waals surface area contributed by atoms with E-state index in [0.29, 0.717) is 36.3 Å². The highest BCUT2D eigenvalue weighted by Gasteiger charge is 2.24. The fourth-order valence-corrected chi connectivity index (χ4v) is 4.31. The molecule has 4 aromatic rings. The summed E-state index contributed by atoms with van der Waals surface area (Å²) in [6.45, 7) is 5.36. The van der Waals surface area contributed by atoms with E-state index >= 15 is 0 Å². The molecule has 4 heterocycles. The molecule has 1 fully saturated rings. The van der Waals surface area contributed by atoms with Crippen LogP contribution in [0.5, 0.6) is 5.88 Å². The highest BCUT2D eigenvalue weighted by Crippen LogP contribution is 2.36. The summed E-state index contributed by atoms with van der Waals surface area (Å²) in [6, 6.07) is 7.51. The molecule has 1 aromatic carbocycles. The molecule has 3 N–H and O–H groups in total. The molecule has 1 amide bonds. The molecule has 182 valence electrons. The molecule has 0 spiro atoms. The van der Waals surface area contributed by atoms with Crippen LogP contribution in [0.4, 0.5) is 11.6 Å². The van der Waals surface area contributed by atoms with Gasteiger partial charge in [-0.2, -0.15) is 15.1 Å². The third kappa shape index (κ3) is 4.44. The molecule has 10 nitrogen and oxygen atoms in total. The number of anilines is 2. The minimum absolute atomic E-state index is 0.0756. The van der Waals surface area contributed by atoms with E-state index in [1.165, 1.54) is 0 Å². The average Bonchev–Trinajstić information content (AvgIpc) is 3.60. The number of rotatable bonds is 7. The Bertz CT molecular complexity index is 1370. The smallest absolute Gasteiger partial charge is 0.251 e. The first-order valence-electron chi connectivity index (χ1n) is 11.7. The normalized spacial score (nSPS) is 15.6. The summed E-state index contributed by atoms with van der Waals surface area (Å²) in [6.07, 6.45) is 4.38. The van der Waals surface area contributed by atoms with Crippen LogP contribution in [-0.2, 0) is 11.8 Å². The molecule has 0 aliphatic carbocycles. The van der Waals surface area contributed by atoms with Gasteiger partial charge in [0.15, 0.2) is 0 Å². The number of aryl methyl sites for hydroxylation is 1. The molecule has 3 aromatic heterocycles. The first kappa shape index (κ1) is 22.9. The lowest BCUT2D eigenvalue weighted by Crippen LogP contribution is -2.18. The molecular formula is C25H29N7O3. The predicted molar refractivity (Wildman–Crippen MR) is 133 cm³/mol. The topological polar surface area (TPSA) is 119 Å². The SMILES string of the molecule is CNC(=O)c1ccc(Nc2nc(OC3CCOC3)c3c(-c4ccnn4C)c[nH]c3n2)c(C(C)C)c1. The minimum Gasteiger partial charge on any atom is -0.471 e. The number of hydrogen-bond acceptors (Lipinski definition) is 7. The van der Waals surface area contributed by atoms with Crippen molar-refractivity contribution in [2.24, 2.45) is 7.05 Å². The second kappa shape index (κ2) is 9.38. The number of carbonyl (C=O) groups is 1. The lowest BCUT2D eigenvalue weighted by Gasteiger charge is -2.17. The second-order valence-corrected chi connectivity index (χ2v) is 8.88. The van der Waals surface area contributed by atoms with Gasteiger partial charge in [-0.15, -0.1) is 0 Å². The van der Waals surface area contributed by atoms with Crippen LogP contribution in [0.3, 0.4) is 0 Å². The van der Waals surface area contributed by atoms with Crippen LogP contribution in [-0.4, -0.2) is 57.0 Å². The van der Waals surface area contributed by atoms with Gasteiger partial charge in [0.1, 0.15) is 11.8 Å². The molecule has 5 rings (SSSR count). The Balaban J connectivity index is 1.57. The Kier molecular flexibility index (Phi) is 6.12. The first-order valence-corrected chi connectivity index (χ1v) is 11.7. The summed E-state index contributed by atoms with van der Waals surface area (Å²) >= 11 is 0. The van der Waals surface area contributed by atoms with E-state index in [4.69, 9.17) is 19.4 Å². The number of benzene rings is 1. The molecule has 10 heteroatoms. The highest BCUT2D eigenvalue weighted by molar-refractivity contribution is 5.97. The summed E-state index contributed by atoms with van der Waals surface area (Å²) in [5.74, 6) is 0.941. The molecule has 1 aliphatic heterocycles. The Hall–Kier alpha value is -3.92. The first-order chi connectivity index (χ1) is 16.9. The van der Waals surface area contributed by atoms with Crippen LogP contribution in [0.1, 0.15) is 42.1 Å². The van der Waals surface area contributed by atoms with E-state index in [-0.39, 0.29) is 17.9 Å². The van der Waals surface area contributed by atoms with Crippen molar-refractivity contribution in [2.75, 3.05) is 25.6 Å². The third-order valence-electron chi connectivity index (χ3n) is 6.17. The van der Waals surface area contributed by atoms with E-state index in [9.17, 15) is 4.79 Å². The van der Waals surface area contributed by atoms with Gasteiger partial charge in [0, 0.05) is 49.7 Å². The van der Waals surface area contributed by atoms with Gasteiger partial charge in [-0.3, -0.25) is 9.48 Å². The minimum atomic E-state index is -0.125. The van der Waals surface area contributed by atoms with E-state index in [0.717, 1.165) is 34.3 Å². The molecule has 1 unspecified atom stereocenters. The summed E-state index contributed by atoms with van der Waals surface area (Å²) in [7, 11) is 3.52. The highest BCUT2D eigenvalue weighted by atomic mass is 16.5. The van der Waals surface area contributed by atoms with Crippen LogP contribution >= 0.6 is 0 Å². The van der Waals surface area contributed by atoms with E-state index in [1.807, 2.05) is 31.4 Å². The Labute approximate surface area is 203 Å². The van der Waals surface area contributed by atoms with Crippen LogP contribution in [0, 0.1) is 0 Å². The van der Waals surface area contributed by atoms with Crippen molar-refractivity contribution in [1.29, 1.82) is 0 Å². The third-order valence-corrected chi connectivity index (χ3v) is 6.17. The zero-order valence-electron chi connectivity index (χ0n) is 20.3. The van der Waals surface area contributed by atoms with Gasteiger partial charge in [-0.05, 0) is 35.7 Å². The molecule has 1 aliphatic rings. The number of aromatic nitrogens is 5. The quantitative estimate of drug-likeness (QED) is 0.372. The van der Waals surface area contributed by atoms with Crippen molar-refractivity contribution in [3.63, 3.8) is 0 Å². The van der Waals surface area contributed by atoms with Crippen molar-refractivity contribution >= 4 is 28.6 Å². The van der Waals surface area contributed by atoms with Crippen LogP contribution < -0.4 is 15.4 Å². The summed E-state index contributed by atoms with van der Waals surface area (Å²) < 4.78 is 13.6. The number of nitrogens with zero attached hydrogens (tertiary/aromatic N) is 4. The largest absolute Gasteiger partial charge is 0.471 e. The number of nitrogens with one attached hydrogen (secondary N) is 3. The standard InChI is InChI=1S/C25H29N7O3/c1-14(2)17-11-15(23(33)26-3)5-6-19(17)29-25-30-22-21(24(31-25)35-16-8-10-34-13-16)18(12-27-22)20-7-9-28-32(20)4/h5-7,9,11-12,14,16H,8,10,13H2,1-4H3,(H,26,33)(H2,27,29,30,31). The monoisotopic (exact) mass is 475 g/mol. The van der Waals surface area contributed by atoms with Gasteiger partial charge in [-0.1, -0.05) is 13.8 Å². The molecule has 0 bridgehead atoms. The Morgan fingerprint density at radius 1 is 1.29 bits per heavy atom. The number of ether oxygens (including phenoxy) is 2. The van der Waals surface area contributed by atoms with Crippen molar-refractivity contribution in [1.82, 2.24) is 30.0 Å². The van der Waals surface area contributed by atoms with Crippen LogP contribution in [0.2, 0.25) is 0 Å². The zero-order chi connectivity index (χ0) is 24.5. The molecule has 1 saturated heterocycles. The molecule has 1 atom stereocenters. The zero-order valence-corrected chi connectivity index (χ0v) is 20.3. The van der Waals surface area contributed by atoms with Crippen molar-refractivity contribution in [3.8, 4) is 17.1 Å². The van der Waals surface area contributed by atoms with E-state index in [1.54, 1.807) is 24.0 Å². The fourth-order valence-electron chi connectivity index (χ4n) is 4.31. The lowest BCUT2D eigenvalue weighted by atomic mass is 9.98. The number of fused-ring (bicyclic) bond motifs is 1. The molecule has 0 radical (unpaired) electrons. The van der Waals surface area contributed by atoms with Crippen LogP contribution in [0.15, 0.2) is 36.7 Å². The fraction of sp³-hybridized carbons (Fsp3) is 0.360.